The fourth-order valence-electron chi connectivity index (χ4n) is 1.74. The molecule has 0 saturated carbocycles. The Morgan fingerprint density at radius 2 is 1.70 bits per heavy atom. The summed E-state index contributed by atoms with van der Waals surface area (Å²) in [6, 6.07) is 9.26. The van der Waals surface area contributed by atoms with Crippen molar-refractivity contribution in [2.45, 2.75) is 6.18 Å². The lowest BCUT2D eigenvalue weighted by molar-refractivity contribution is -0.137. The van der Waals surface area contributed by atoms with Crippen LogP contribution in [0.25, 0.3) is 0 Å². The lowest BCUT2D eigenvalue weighted by atomic mass is 9.98. The largest absolute Gasteiger partial charge is 0.417 e. The van der Waals surface area contributed by atoms with Gasteiger partial charge in [0.15, 0.2) is 5.78 Å². The van der Waals surface area contributed by atoms with Crippen molar-refractivity contribution in [1.82, 2.24) is 0 Å². The van der Waals surface area contributed by atoms with Gasteiger partial charge < -0.3 is 0 Å². The van der Waals surface area contributed by atoms with Gasteiger partial charge in [-0.3, -0.25) is 4.79 Å². The number of hydrogen-bond donors (Lipinski definition) is 0. The third-order valence-corrected chi connectivity index (χ3v) is 3.83. The van der Waals surface area contributed by atoms with E-state index < -0.39 is 17.5 Å². The number of alkyl halides is 3. The van der Waals surface area contributed by atoms with E-state index in [4.69, 9.17) is 11.6 Å². The van der Waals surface area contributed by atoms with Crippen LogP contribution in [-0.2, 0) is 6.18 Å². The molecule has 0 aromatic heterocycles. The molecule has 104 valence electrons. The quantitative estimate of drug-likeness (QED) is 0.492. The Hall–Kier alpha value is -1.08. The average molecular weight is 411 g/mol. The molecular weight excluding hydrogens is 404 g/mol. The summed E-state index contributed by atoms with van der Waals surface area (Å²) in [6.07, 6.45) is -4.57. The molecule has 0 aliphatic heterocycles. The Morgan fingerprint density at radius 3 is 2.35 bits per heavy atom. The molecule has 0 radical (unpaired) electrons. The minimum Gasteiger partial charge on any atom is -0.289 e. The maximum atomic E-state index is 12.9. The molecule has 2 aromatic carbocycles. The van der Waals surface area contributed by atoms with Crippen LogP contribution in [0.3, 0.4) is 0 Å². The molecule has 0 unspecified atom stereocenters. The first kappa shape index (κ1) is 15.3. The molecule has 0 heterocycles. The number of carbonyl (C=O) groups excluding carboxylic acids is 1. The van der Waals surface area contributed by atoms with Crippen molar-refractivity contribution < 1.29 is 18.0 Å². The molecule has 0 bridgehead atoms. The fraction of sp³-hybridized carbons (Fsp3) is 0.0714. The summed E-state index contributed by atoms with van der Waals surface area (Å²) in [7, 11) is 0. The highest BCUT2D eigenvalue weighted by molar-refractivity contribution is 14.1. The maximum absolute atomic E-state index is 12.9. The third-order valence-electron chi connectivity index (χ3n) is 2.65. The van der Waals surface area contributed by atoms with Crippen LogP contribution in [0.5, 0.6) is 0 Å². The monoisotopic (exact) mass is 410 g/mol. The lowest BCUT2D eigenvalue weighted by Gasteiger charge is -2.12. The fourth-order valence-corrected chi connectivity index (χ4v) is 2.50. The maximum Gasteiger partial charge on any atom is 0.417 e. The van der Waals surface area contributed by atoms with Crippen LogP contribution in [0.15, 0.2) is 42.5 Å². The first-order valence-electron chi connectivity index (χ1n) is 5.46. The molecule has 20 heavy (non-hydrogen) atoms. The molecule has 0 saturated heterocycles. The standard InChI is InChI=1S/C14H7ClF3IO/c15-8-5-6-12(19)10(7-8)13(20)9-3-1-2-4-11(9)14(16,17)18/h1-7H. The molecule has 0 aliphatic rings. The first-order valence-corrected chi connectivity index (χ1v) is 6.92. The van der Waals surface area contributed by atoms with Crippen molar-refractivity contribution in [3.05, 3.63) is 67.7 Å². The van der Waals surface area contributed by atoms with Gasteiger partial charge in [0, 0.05) is 19.7 Å². The van der Waals surface area contributed by atoms with Gasteiger partial charge in [-0.15, -0.1) is 0 Å². The normalized spacial score (nSPS) is 11.4. The minimum absolute atomic E-state index is 0.162. The first-order chi connectivity index (χ1) is 9.30. The van der Waals surface area contributed by atoms with Gasteiger partial charge in [-0.25, -0.2) is 0 Å². The van der Waals surface area contributed by atoms with Gasteiger partial charge in [0.1, 0.15) is 0 Å². The van der Waals surface area contributed by atoms with Crippen LogP contribution in [0, 0.1) is 3.57 Å². The van der Waals surface area contributed by atoms with Crippen LogP contribution >= 0.6 is 34.2 Å². The van der Waals surface area contributed by atoms with Crippen molar-refractivity contribution in [2.75, 3.05) is 0 Å². The van der Waals surface area contributed by atoms with Crippen LogP contribution in [0.2, 0.25) is 5.02 Å². The lowest BCUT2D eigenvalue weighted by Crippen LogP contribution is -2.14. The Kier molecular flexibility index (Phi) is 4.39. The average Bonchev–Trinajstić information content (AvgIpc) is 2.40. The van der Waals surface area contributed by atoms with Gasteiger partial charge in [0.2, 0.25) is 0 Å². The zero-order valence-electron chi connectivity index (χ0n) is 9.84. The highest BCUT2D eigenvalue weighted by Crippen LogP contribution is 2.33. The third kappa shape index (κ3) is 3.15. The summed E-state index contributed by atoms with van der Waals surface area (Å²) in [4.78, 5) is 12.3. The zero-order valence-corrected chi connectivity index (χ0v) is 12.8. The number of halogens is 5. The van der Waals surface area contributed by atoms with E-state index in [1.807, 2.05) is 22.6 Å². The SMILES string of the molecule is O=C(c1cc(Cl)ccc1I)c1ccccc1C(F)(F)F. The Labute approximate surface area is 131 Å². The van der Waals surface area contributed by atoms with Crippen molar-refractivity contribution in [2.24, 2.45) is 0 Å². The molecular formula is C14H7ClF3IO. The van der Waals surface area contributed by atoms with Crippen molar-refractivity contribution in [3.63, 3.8) is 0 Å². The summed E-state index contributed by atoms with van der Waals surface area (Å²) in [5.74, 6) is -0.690. The van der Waals surface area contributed by atoms with Crippen molar-refractivity contribution >= 4 is 40.0 Å². The van der Waals surface area contributed by atoms with E-state index >= 15 is 0 Å². The minimum atomic E-state index is -4.57. The van der Waals surface area contributed by atoms with Crippen LogP contribution in [0.4, 0.5) is 13.2 Å². The van der Waals surface area contributed by atoms with E-state index in [9.17, 15) is 18.0 Å². The molecule has 2 aromatic rings. The van der Waals surface area contributed by atoms with Gasteiger partial charge in [-0.05, 0) is 46.9 Å². The van der Waals surface area contributed by atoms with E-state index in [1.165, 1.54) is 24.3 Å². The molecule has 0 atom stereocenters. The second-order valence-corrected chi connectivity index (χ2v) is 5.60. The number of hydrogen-bond acceptors (Lipinski definition) is 1. The Bertz CT molecular complexity index is 668. The van der Waals surface area contributed by atoms with Gasteiger partial charge in [0.25, 0.3) is 0 Å². The molecule has 0 amide bonds. The van der Waals surface area contributed by atoms with Gasteiger partial charge >= 0.3 is 6.18 Å². The Balaban J connectivity index is 2.57. The van der Waals surface area contributed by atoms with Crippen LogP contribution in [0.1, 0.15) is 21.5 Å². The summed E-state index contributed by atoms with van der Waals surface area (Å²) < 4.78 is 39.3. The predicted molar refractivity (Wildman–Crippen MR) is 79.0 cm³/mol. The molecule has 6 heteroatoms. The highest BCUT2D eigenvalue weighted by Gasteiger charge is 2.35. The molecule has 0 N–H and O–H groups in total. The second kappa shape index (κ2) is 5.73. The van der Waals surface area contributed by atoms with Crippen LogP contribution in [-0.4, -0.2) is 5.78 Å². The summed E-state index contributed by atoms with van der Waals surface area (Å²) in [5, 5.41) is 0.304. The zero-order chi connectivity index (χ0) is 14.9. The molecule has 0 aliphatic carbocycles. The highest BCUT2D eigenvalue weighted by atomic mass is 127. The molecule has 1 nitrogen and oxygen atoms in total. The number of rotatable bonds is 2. The Morgan fingerprint density at radius 1 is 1.05 bits per heavy atom. The second-order valence-electron chi connectivity index (χ2n) is 4.00. The number of ketones is 1. The summed E-state index contributed by atoms with van der Waals surface area (Å²) >= 11 is 7.69. The van der Waals surface area contributed by atoms with E-state index in [2.05, 4.69) is 0 Å². The predicted octanol–water partition coefficient (Wildman–Crippen LogP) is 5.19. The van der Waals surface area contributed by atoms with Crippen molar-refractivity contribution in [3.8, 4) is 0 Å². The number of benzene rings is 2. The molecule has 2 rings (SSSR count). The summed E-state index contributed by atoms with van der Waals surface area (Å²) in [5.41, 5.74) is -1.16. The topological polar surface area (TPSA) is 17.1 Å². The van der Waals surface area contributed by atoms with Crippen LogP contribution < -0.4 is 0 Å². The smallest absolute Gasteiger partial charge is 0.289 e. The van der Waals surface area contributed by atoms with Gasteiger partial charge in [-0.2, -0.15) is 13.2 Å². The number of carbonyl (C=O) groups is 1. The van der Waals surface area contributed by atoms with Gasteiger partial charge in [-0.1, -0.05) is 29.8 Å². The van der Waals surface area contributed by atoms with E-state index in [-0.39, 0.29) is 11.1 Å². The van der Waals surface area contributed by atoms with E-state index in [0.29, 0.717) is 8.59 Å². The molecule has 0 fully saturated rings. The molecule has 0 spiro atoms. The summed E-state index contributed by atoms with van der Waals surface area (Å²) in [6.45, 7) is 0. The van der Waals surface area contributed by atoms with E-state index in [0.717, 1.165) is 6.07 Å². The van der Waals surface area contributed by atoms with Gasteiger partial charge in [0.05, 0.1) is 5.56 Å². The van der Waals surface area contributed by atoms with E-state index in [1.54, 1.807) is 12.1 Å². The van der Waals surface area contributed by atoms with Crippen molar-refractivity contribution in [1.29, 1.82) is 0 Å².